The first-order valence-electron chi connectivity index (χ1n) is 8.79. The normalized spacial score (nSPS) is 14.7. The van der Waals surface area contributed by atoms with Gasteiger partial charge in [-0.25, -0.2) is 4.79 Å². The lowest BCUT2D eigenvalue weighted by Gasteiger charge is -2.14. The van der Waals surface area contributed by atoms with E-state index >= 15 is 0 Å². The Kier molecular flexibility index (Phi) is 4.11. The average Bonchev–Trinajstić information content (AvgIpc) is 3.46. The molecule has 0 aliphatic heterocycles. The maximum atomic E-state index is 12.5. The molecule has 1 saturated carbocycles. The van der Waals surface area contributed by atoms with E-state index in [1.165, 1.54) is 0 Å². The van der Waals surface area contributed by atoms with Crippen LogP contribution in [0.5, 0.6) is 0 Å². The van der Waals surface area contributed by atoms with Crippen LogP contribution in [0.3, 0.4) is 0 Å². The van der Waals surface area contributed by atoms with E-state index in [0.29, 0.717) is 22.2 Å². The molecule has 0 unspecified atom stereocenters. The smallest absolute Gasteiger partial charge is 0.319 e. The summed E-state index contributed by atoms with van der Waals surface area (Å²) in [6.45, 7) is 1.71. The summed E-state index contributed by atoms with van der Waals surface area (Å²) in [4.78, 5) is 36.6. The molecule has 27 heavy (non-hydrogen) atoms. The number of Topliss-reactive ketones (excluding diaryl/α,β-unsaturated/α-hetero) is 1. The summed E-state index contributed by atoms with van der Waals surface area (Å²) in [5.74, 6) is -1.09. The number of carbonyl (C=O) groups is 2. The average molecular weight is 362 g/mol. The van der Waals surface area contributed by atoms with Gasteiger partial charge in [0.15, 0.2) is 0 Å². The second kappa shape index (κ2) is 6.46. The van der Waals surface area contributed by atoms with Gasteiger partial charge < -0.3 is 9.84 Å². The zero-order valence-electron chi connectivity index (χ0n) is 14.8. The van der Waals surface area contributed by atoms with Crippen LogP contribution in [0.2, 0.25) is 0 Å². The van der Waals surface area contributed by atoms with Crippen LogP contribution in [0, 0.1) is 6.92 Å². The van der Waals surface area contributed by atoms with Crippen LogP contribution in [-0.4, -0.2) is 16.8 Å². The maximum absolute atomic E-state index is 12.5. The molecule has 4 rings (SSSR count). The fourth-order valence-corrected chi connectivity index (χ4v) is 3.41. The lowest BCUT2D eigenvalue weighted by molar-refractivity contribution is -0.135. The SMILES string of the molecule is Cc1noc(=O)c2ccc(NC(=O)C(=O)CC3(c4ccccc4)CC3)cc12. The largest absolute Gasteiger partial charge is 0.366 e. The number of anilines is 1. The molecule has 1 fully saturated rings. The van der Waals surface area contributed by atoms with E-state index in [1.54, 1.807) is 25.1 Å². The number of ketones is 1. The molecule has 6 heteroatoms. The number of benzene rings is 2. The predicted octanol–water partition coefficient (Wildman–Crippen LogP) is 3.13. The van der Waals surface area contributed by atoms with E-state index in [9.17, 15) is 14.4 Å². The summed E-state index contributed by atoms with van der Waals surface area (Å²) < 4.78 is 4.69. The van der Waals surface area contributed by atoms with Crippen LogP contribution in [0.25, 0.3) is 10.8 Å². The van der Waals surface area contributed by atoms with Crippen LogP contribution in [0.4, 0.5) is 5.69 Å². The van der Waals surface area contributed by atoms with Gasteiger partial charge in [0, 0.05) is 22.9 Å². The number of hydrogen-bond acceptors (Lipinski definition) is 5. The molecule has 1 amide bonds. The molecule has 0 bridgehead atoms. The Balaban J connectivity index is 1.51. The zero-order valence-corrected chi connectivity index (χ0v) is 14.8. The minimum atomic E-state index is -0.648. The van der Waals surface area contributed by atoms with Gasteiger partial charge in [-0.05, 0) is 43.5 Å². The molecule has 6 nitrogen and oxygen atoms in total. The molecule has 3 aromatic rings. The molecule has 1 heterocycles. The molecule has 0 atom stereocenters. The van der Waals surface area contributed by atoms with E-state index in [1.807, 2.05) is 30.3 Å². The highest BCUT2D eigenvalue weighted by Crippen LogP contribution is 2.51. The Hall–Kier alpha value is -3.28. The Morgan fingerprint density at radius 3 is 2.56 bits per heavy atom. The second-order valence-corrected chi connectivity index (χ2v) is 7.02. The second-order valence-electron chi connectivity index (χ2n) is 7.02. The first-order chi connectivity index (χ1) is 13.0. The predicted molar refractivity (Wildman–Crippen MR) is 101 cm³/mol. The molecule has 2 aromatic carbocycles. The number of carbonyl (C=O) groups excluding carboxylic acids is 2. The summed E-state index contributed by atoms with van der Waals surface area (Å²) in [5, 5.41) is 7.28. The standard InChI is InChI=1S/C21H18N2O4/c1-13-17-11-15(7-8-16(17)20(26)27-23-13)22-19(25)18(24)12-21(9-10-21)14-5-3-2-4-6-14/h2-8,11H,9-10,12H2,1H3,(H,22,25). The van der Waals surface area contributed by atoms with Gasteiger partial charge in [0.25, 0.3) is 5.91 Å². The third kappa shape index (κ3) is 3.26. The van der Waals surface area contributed by atoms with Crippen LogP contribution in [0.15, 0.2) is 57.8 Å². The summed E-state index contributed by atoms with van der Waals surface area (Å²) >= 11 is 0. The quantitative estimate of drug-likeness (QED) is 0.705. The first kappa shape index (κ1) is 17.1. The minimum absolute atomic E-state index is 0.195. The molecule has 0 radical (unpaired) electrons. The molecule has 0 spiro atoms. The van der Waals surface area contributed by atoms with Gasteiger partial charge in [-0.2, -0.15) is 0 Å². The van der Waals surface area contributed by atoms with Crippen molar-refractivity contribution in [1.29, 1.82) is 0 Å². The third-order valence-corrected chi connectivity index (χ3v) is 5.14. The van der Waals surface area contributed by atoms with Crippen molar-refractivity contribution < 1.29 is 14.1 Å². The fraction of sp³-hybridized carbons (Fsp3) is 0.238. The molecule has 1 aliphatic carbocycles. The van der Waals surface area contributed by atoms with Crippen LogP contribution >= 0.6 is 0 Å². The van der Waals surface area contributed by atoms with E-state index in [2.05, 4.69) is 15.0 Å². The number of nitrogens with zero attached hydrogens (tertiary/aromatic N) is 1. The van der Waals surface area contributed by atoms with Crippen LogP contribution < -0.4 is 10.9 Å². The van der Waals surface area contributed by atoms with E-state index < -0.39 is 17.3 Å². The number of rotatable bonds is 5. The van der Waals surface area contributed by atoms with Gasteiger partial charge in [0.2, 0.25) is 5.78 Å². The summed E-state index contributed by atoms with van der Waals surface area (Å²) in [6.07, 6.45) is 2.01. The Labute approximate surface area is 155 Å². The van der Waals surface area contributed by atoms with Crippen molar-refractivity contribution in [2.24, 2.45) is 0 Å². The number of aromatic nitrogens is 1. The molecule has 136 valence electrons. The summed E-state index contributed by atoms with van der Waals surface area (Å²) in [7, 11) is 0. The highest BCUT2D eigenvalue weighted by molar-refractivity contribution is 6.41. The highest BCUT2D eigenvalue weighted by Gasteiger charge is 2.46. The van der Waals surface area contributed by atoms with Crippen molar-refractivity contribution in [3.8, 4) is 0 Å². The van der Waals surface area contributed by atoms with Gasteiger partial charge in [-0.15, -0.1) is 0 Å². The number of nitrogens with one attached hydrogen (secondary N) is 1. The zero-order chi connectivity index (χ0) is 19.0. The molecular weight excluding hydrogens is 344 g/mol. The molecule has 1 aromatic heterocycles. The monoisotopic (exact) mass is 362 g/mol. The van der Waals surface area contributed by atoms with Crippen molar-refractivity contribution in [3.05, 3.63) is 70.2 Å². The van der Waals surface area contributed by atoms with Crippen molar-refractivity contribution in [3.63, 3.8) is 0 Å². The summed E-state index contributed by atoms with van der Waals surface area (Å²) in [6, 6.07) is 14.6. The van der Waals surface area contributed by atoms with Crippen molar-refractivity contribution >= 4 is 28.2 Å². The van der Waals surface area contributed by atoms with E-state index in [4.69, 9.17) is 0 Å². The number of fused-ring (bicyclic) bond motifs is 1. The third-order valence-electron chi connectivity index (χ3n) is 5.14. The van der Waals surface area contributed by atoms with Crippen LogP contribution in [-0.2, 0) is 15.0 Å². The molecule has 1 N–H and O–H groups in total. The maximum Gasteiger partial charge on any atom is 0.366 e. The van der Waals surface area contributed by atoms with Crippen molar-refractivity contribution in [1.82, 2.24) is 5.16 Å². The number of aryl methyl sites for hydroxylation is 1. The van der Waals surface area contributed by atoms with Gasteiger partial charge >= 0.3 is 5.63 Å². The van der Waals surface area contributed by atoms with E-state index in [-0.39, 0.29) is 11.8 Å². The van der Waals surface area contributed by atoms with Gasteiger partial charge in [-0.3, -0.25) is 9.59 Å². The number of amides is 1. The van der Waals surface area contributed by atoms with Crippen LogP contribution in [0.1, 0.15) is 30.5 Å². The van der Waals surface area contributed by atoms with Gasteiger partial charge in [0.1, 0.15) is 0 Å². The van der Waals surface area contributed by atoms with Crippen molar-refractivity contribution in [2.45, 2.75) is 31.6 Å². The number of hydrogen-bond donors (Lipinski definition) is 1. The van der Waals surface area contributed by atoms with Gasteiger partial charge in [-0.1, -0.05) is 35.5 Å². The van der Waals surface area contributed by atoms with Gasteiger partial charge in [0.05, 0.1) is 11.1 Å². The fourth-order valence-electron chi connectivity index (χ4n) is 3.41. The Morgan fingerprint density at radius 2 is 1.85 bits per heavy atom. The molecular formula is C21H18N2O4. The van der Waals surface area contributed by atoms with E-state index in [0.717, 1.165) is 18.4 Å². The van der Waals surface area contributed by atoms with Crippen molar-refractivity contribution in [2.75, 3.05) is 5.32 Å². The lowest BCUT2D eigenvalue weighted by atomic mass is 9.90. The lowest BCUT2D eigenvalue weighted by Crippen LogP contribution is -2.26. The molecule has 1 aliphatic rings. The first-order valence-corrected chi connectivity index (χ1v) is 8.79. The molecule has 0 saturated heterocycles. The Bertz CT molecular complexity index is 1100. The highest BCUT2D eigenvalue weighted by atomic mass is 16.5. The minimum Gasteiger partial charge on any atom is -0.319 e. The summed E-state index contributed by atoms with van der Waals surface area (Å²) in [5.41, 5.74) is 1.33. The Morgan fingerprint density at radius 1 is 1.11 bits per heavy atom. The topological polar surface area (TPSA) is 89.3 Å².